The summed E-state index contributed by atoms with van der Waals surface area (Å²) in [5, 5.41) is 8.66. The molecule has 0 aromatic rings. The smallest absolute Gasteiger partial charge is 0.0641 e. The fraction of sp³-hybridized carbons (Fsp3) is 0.727. The summed E-state index contributed by atoms with van der Waals surface area (Å²) in [5.74, 6) is 0. The van der Waals surface area contributed by atoms with Gasteiger partial charge in [0, 0.05) is 18.1 Å². The molecule has 0 aliphatic carbocycles. The Bertz CT molecular complexity index is 181. The van der Waals surface area contributed by atoms with Crippen LogP contribution < -0.4 is 0 Å². The Hall–Kier alpha value is -0.810. The zero-order valence-electron chi connectivity index (χ0n) is 9.12. The van der Waals surface area contributed by atoms with Gasteiger partial charge in [0.2, 0.25) is 0 Å². The van der Waals surface area contributed by atoms with Gasteiger partial charge in [-0.3, -0.25) is 4.90 Å². The van der Waals surface area contributed by atoms with E-state index in [4.69, 9.17) is 5.26 Å². The van der Waals surface area contributed by atoms with Crippen molar-refractivity contribution in [1.29, 1.82) is 5.26 Å². The Balaban J connectivity index is 4.50. The minimum absolute atomic E-state index is 0.185. The Kier molecular flexibility index (Phi) is 5.41. The van der Waals surface area contributed by atoms with Crippen LogP contribution in [-0.4, -0.2) is 23.0 Å². The van der Waals surface area contributed by atoms with Gasteiger partial charge in [0.1, 0.15) is 0 Å². The van der Waals surface area contributed by atoms with Crippen molar-refractivity contribution in [1.82, 2.24) is 4.90 Å². The highest BCUT2D eigenvalue weighted by atomic mass is 15.2. The molecule has 0 saturated heterocycles. The molecule has 0 aromatic heterocycles. The lowest BCUT2D eigenvalue weighted by Gasteiger charge is -2.35. The second-order valence-electron chi connectivity index (χ2n) is 3.80. The van der Waals surface area contributed by atoms with Crippen LogP contribution in [0.4, 0.5) is 0 Å². The van der Waals surface area contributed by atoms with Gasteiger partial charge >= 0.3 is 0 Å². The SMILES string of the molecule is C=CC(CC#N)N(C(C)C)C(C)C. The molecule has 0 bridgehead atoms. The van der Waals surface area contributed by atoms with Crippen LogP contribution in [0.5, 0.6) is 0 Å². The monoisotopic (exact) mass is 180 g/mol. The Morgan fingerprint density at radius 1 is 1.31 bits per heavy atom. The Morgan fingerprint density at radius 3 is 2.00 bits per heavy atom. The summed E-state index contributed by atoms with van der Waals surface area (Å²) < 4.78 is 0. The highest BCUT2D eigenvalue weighted by Gasteiger charge is 2.20. The molecule has 2 heteroatoms. The maximum absolute atomic E-state index is 8.66. The van der Waals surface area contributed by atoms with Crippen LogP contribution in [0.1, 0.15) is 34.1 Å². The predicted molar refractivity (Wildman–Crippen MR) is 56.3 cm³/mol. The zero-order valence-corrected chi connectivity index (χ0v) is 9.12. The van der Waals surface area contributed by atoms with E-state index in [0.717, 1.165) is 0 Å². The highest BCUT2D eigenvalue weighted by Crippen LogP contribution is 2.13. The summed E-state index contributed by atoms with van der Waals surface area (Å²) in [6.07, 6.45) is 2.39. The zero-order chi connectivity index (χ0) is 10.4. The van der Waals surface area contributed by atoms with Crippen LogP contribution in [-0.2, 0) is 0 Å². The molecule has 2 nitrogen and oxygen atoms in total. The summed E-state index contributed by atoms with van der Waals surface area (Å²) in [6.45, 7) is 12.4. The number of rotatable bonds is 5. The second-order valence-corrected chi connectivity index (χ2v) is 3.80. The first-order valence-electron chi connectivity index (χ1n) is 4.81. The molecule has 0 aromatic carbocycles. The van der Waals surface area contributed by atoms with E-state index in [9.17, 15) is 0 Å². The third kappa shape index (κ3) is 3.61. The normalized spacial score (nSPS) is 13.4. The standard InChI is InChI=1S/C11H20N2/c1-6-11(7-8-12)13(9(2)3)10(4)5/h6,9-11H,1,7H2,2-5H3. The highest BCUT2D eigenvalue weighted by molar-refractivity contribution is 4.96. The number of hydrogen-bond donors (Lipinski definition) is 0. The summed E-state index contributed by atoms with van der Waals surface area (Å²) in [6, 6.07) is 3.29. The largest absolute Gasteiger partial charge is 0.291 e. The van der Waals surface area contributed by atoms with E-state index in [1.54, 1.807) is 0 Å². The fourth-order valence-electron chi connectivity index (χ4n) is 1.77. The van der Waals surface area contributed by atoms with E-state index in [0.29, 0.717) is 18.5 Å². The van der Waals surface area contributed by atoms with Gasteiger partial charge in [0.25, 0.3) is 0 Å². The molecule has 1 atom stereocenters. The molecule has 0 N–H and O–H groups in total. The van der Waals surface area contributed by atoms with Crippen molar-refractivity contribution in [3.63, 3.8) is 0 Å². The molecule has 0 aliphatic rings. The first kappa shape index (κ1) is 12.2. The van der Waals surface area contributed by atoms with Crippen LogP contribution in [0, 0.1) is 11.3 Å². The molecule has 0 radical (unpaired) electrons. The summed E-state index contributed by atoms with van der Waals surface area (Å²) in [4.78, 5) is 2.30. The van der Waals surface area contributed by atoms with E-state index in [-0.39, 0.29) is 6.04 Å². The van der Waals surface area contributed by atoms with Crippen molar-refractivity contribution in [2.45, 2.75) is 52.2 Å². The molecule has 0 heterocycles. The molecular weight excluding hydrogens is 160 g/mol. The van der Waals surface area contributed by atoms with Gasteiger partial charge in [-0.1, -0.05) is 6.08 Å². The average molecular weight is 180 g/mol. The quantitative estimate of drug-likeness (QED) is 0.608. The van der Waals surface area contributed by atoms with Crippen LogP contribution in [0.3, 0.4) is 0 Å². The van der Waals surface area contributed by atoms with Crippen molar-refractivity contribution in [2.75, 3.05) is 0 Å². The molecule has 0 fully saturated rings. The maximum Gasteiger partial charge on any atom is 0.0641 e. The van der Waals surface area contributed by atoms with Gasteiger partial charge in [-0.25, -0.2) is 0 Å². The molecule has 1 unspecified atom stereocenters. The third-order valence-corrected chi connectivity index (χ3v) is 2.15. The molecule has 0 rings (SSSR count). The lowest BCUT2D eigenvalue weighted by atomic mass is 10.1. The number of nitrogens with zero attached hydrogens (tertiary/aromatic N) is 2. The van der Waals surface area contributed by atoms with Gasteiger partial charge in [-0.05, 0) is 27.7 Å². The predicted octanol–water partition coefficient (Wildman–Crippen LogP) is 2.57. The molecule has 0 spiro atoms. The fourth-order valence-corrected chi connectivity index (χ4v) is 1.77. The molecule has 13 heavy (non-hydrogen) atoms. The lowest BCUT2D eigenvalue weighted by Crippen LogP contribution is -2.43. The van der Waals surface area contributed by atoms with E-state index >= 15 is 0 Å². The topological polar surface area (TPSA) is 27.0 Å². The first-order valence-corrected chi connectivity index (χ1v) is 4.81. The second kappa shape index (κ2) is 5.77. The Labute approximate surface area is 81.9 Å². The average Bonchev–Trinajstić information content (AvgIpc) is 2.02. The summed E-state index contributed by atoms with van der Waals surface area (Å²) >= 11 is 0. The van der Waals surface area contributed by atoms with Crippen molar-refractivity contribution in [2.24, 2.45) is 0 Å². The van der Waals surface area contributed by atoms with Crippen LogP contribution in [0.15, 0.2) is 12.7 Å². The minimum Gasteiger partial charge on any atom is -0.291 e. The molecular formula is C11H20N2. The molecule has 0 saturated carbocycles. The van der Waals surface area contributed by atoms with E-state index in [1.165, 1.54) is 0 Å². The van der Waals surface area contributed by atoms with Crippen molar-refractivity contribution < 1.29 is 0 Å². The van der Waals surface area contributed by atoms with Crippen molar-refractivity contribution in [3.05, 3.63) is 12.7 Å². The van der Waals surface area contributed by atoms with E-state index in [1.807, 2.05) is 6.08 Å². The lowest BCUT2D eigenvalue weighted by molar-refractivity contribution is 0.140. The third-order valence-electron chi connectivity index (χ3n) is 2.15. The molecule has 74 valence electrons. The first-order chi connectivity index (χ1) is 6.04. The molecule has 0 amide bonds. The molecule has 0 aliphatic heterocycles. The van der Waals surface area contributed by atoms with Crippen LogP contribution in [0.25, 0.3) is 0 Å². The Morgan fingerprint density at radius 2 is 1.77 bits per heavy atom. The van der Waals surface area contributed by atoms with Crippen LogP contribution in [0.2, 0.25) is 0 Å². The van der Waals surface area contributed by atoms with Gasteiger partial charge in [-0.15, -0.1) is 6.58 Å². The number of hydrogen-bond acceptors (Lipinski definition) is 2. The van der Waals surface area contributed by atoms with Gasteiger partial charge < -0.3 is 0 Å². The van der Waals surface area contributed by atoms with Gasteiger partial charge in [0.05, 0.1) is 12.5 Å². The van der Waals surface area contributed by atoms with Gasteiger partial charge in [0.15, 0.2) is 0 Å². The number of nitriles is 1. The van der Waals surface area contributed by atoms with E-state index in [2.05, 4.69) is 45.2 Å². The van der Waals surface area contributed by atoms with Crippen molar-refractivity contribution in [3.8, 4) is 6.07 Å². The van der Waals surface area contributed by atoms with Crippen molar-refractivity contribution >= 4 is 0 Å². The summed E-state index contributed by atoms with van der Waals surface area (Å²) in [5.41, 5.74) is 0. The maximum atomic E-state index is 8.66. The van der Waals surface area contributed by atoms with Gasteiger partial charge in [-0.2, -0.15) is 5.26 Å². The van der Waals surface area contributed by atoms with E-state index < -0.39 is 0 Å². The minimum atomic E-state index is 0.185. The van der Waals surface area contributed by atoms with Crippen LogP contribution >= 0.6 is 0 Å². The summed E-state index contributed by atoms with van der Waals surface area (Å²) in [7, 11) is 0.